The summed E-state index contributed by atoms with van der Waals surface area (Å²) in [6.07, 6.45) is 0.894. The van der Waals surface area contributed by atoms with Gasteiger partial charge in [-0.1, -0.05) is 23.2 Å². The number of guanidine groups is 1. The minimum atomic E-state index is -0.764. The maximum Gasteiger partial charge on any atom is 0.191 e. The van der Waals surface area contributed by atoms with E-state index in [2.05, 4.69) is 20.5 Å². The normalized spacial score (nSPS) is 13.8. The number of halogens is 3. The summed E-state index contributed by atoms with van der Waals surface area (Å²) < 4.78 is 5.51. The number of furan rings is 1. The first-order chi connectivity index (χ1) is 12.9. The molecular weight excluding hydrogens is 514 g/mol. The summed E-state index contributed by atoms with van der Waals surface area (Å²) in [5.41, 5.74) is 0.651. The van der Waals surface area contributed by atoms with Crippen molar-refractivity contribution in [3.05, 3.63) is 58.0 Å². The number of nitrogens with zero attached hydrogens (tertiary/aromatic N) is 2. The highest BCUT2D eigenvalue weighted by Crippen LogP contribution is 2.23. The van der Waals surface area contributed by atoms with Crippen LogP contribution in [0.2, 0.25) is 10.0 Å². The zero-order valence-electron chi connectivity index (χ0n) is 16.2. The molecule has 0 radical (unpaired) electrons. The molecule has 0 aliphatic rings. The van der Waals surface area contributed by atoms with Crippen molar-refractivity contribution in [3.8, 4) is 0 Å². The second kappa shape index (κ2) is 12.5. The van der Waals surface area contributed by atoms with Gasteiger partial charge in [0.2, 0.25) is 0 Å². The Morgan fingerprint density at radius 2 is 1.89 bits per heavy atom. The van der Waals surface area contributed by atoms with Gasteiger partial charge in [-0.2, -0.15) is 0 Å². The lowest BCUT2D eigenvalue weighted by molar-refractivity contribution is 0.181. The Bertz CT molecular complexity index is 721. The van der Waals surface area contributed by atoms with Gasteiger partial charge in [-0.25, -0.2) is 0 Å². The summed E-state index contributed by atoms with van der Waals surface area (Å²) in [6.45, 7) is 3.48. The monoisotopic (exact) mass is 540 g/mol. The first-order valence-corrected chi connectivity index (χ1v) is 9.52. The van der Waals surface area contributed by atoms with E-state index in [0.29, 0.717) is 34.7 Å². The smallest absolute Gasteiger partial charge is 0.191 e. The largest absolute Gasteiger partial charge is 0.468 e. The van der Waals surface area contributed by atoms with Crippen molar-refractivity contribution < 1.29 is 9.52 Å². The molecule has 2 unspecified atom stereocenters. The molecule has 0 spiro atoms. The van der Waals surface area contributed by atoms with Crippen LogP contribution < -0.4 is 10.6 Å². The highest BCUT2D eigenvalue weighted by Gasteiger charge is 2.17. The van der Waals surface area contributed by atoms with E-state index < -0.39 is 6.10 Å². The maximum atomic E-state index is 10.4. The summed E-state index contributed by atoms with van der Waals surface area (Å²) >= 11 is 12.0. The van der Waals surface area contributed by atoms with E-state index in [1.54, 1.807) is 24.5 Å². The summed E-state index contributed by atoms with van der Waals surface area (Å²) in [7, 11) is 3.96. The van der Waals surface area contributed by atoms with E-state index in [1.807, 2.05) is 33.2 Å². The number of hydrogen-bond donors (Lipinski definition) is 3. The van der Waals surface area contributed by atoms with Gasteiger partial charge in [0.1, 0.15) is 5.76 Å². The lowest BCUT2D eigenvalue weighted by atomic mass is 10.1. The summed E-state index contributed by atoms with van der Waals surface area (Å²) in [6, 6.07) is 8.85. The second-order valence-corrected chi connectivity index (χ2v) is 7.19. The van der Waals surface area contributed by atoms with Gasteiger partial charge in [-0.3, -0.25) is 9.89 Å². The zero-order valence-corrected chi connectivity index (χ0v) is 20.0. The number of aliphatic hydroxyl groups is 1. The molecule has 1 heterocycles. The highest BCUT2D eigenvalue weighted by atomic mass is 127. The van der Waals surface area contributed by atoms with Crippen LogP contribution in [0.25, 0.3) is 0 Å². The minimum Gasteiger partial charge on any atom is -0.468 e. The van der Waals surface area contributed by atoms with Gasteiger partial charge < -0.3 is 20.2 Å². The number of aliphatic imine (C=N–C) groups is 1. The highest BCUT2D eigenvalue weighted by molar-refractivity contribution is 14.0. The van der Waals surface area contributed by atoms with Gasteiger partial charge in [-0.05, 0) is 56.9 Å². The van der Waals surface area contributed by atoms with Gasteiger partial charge in [0.15, 0.2) is 5.96 Å². The van der Waals surface area contributed by atoms with Crippen molar-refractivity contribution in [1.82, 2.24) is 15.5 Å². The molecule has 0 aliphatic carbocycles. The minimum absolute atomic E-state index is 0. The van der Waals surface area contributed by atoms with E-state index in [4.69, 9.17) is 27.6 Å². The third-order valence-electron chi connectivity index (χ3n) is 3.99. The summed E-state index contributed by atoms with van der Waals surface area (Å²) in [5, 5.41) is 17.7. The van der Waals surface area contributed by atoms with Gasteiger partial charge in [-0.15, -0.1) is 24.0 Å². The topological polar surface area (TPSA) is 73.0 Å². The van der Waals surface area contributed by atoms with E-state index in [1.165, 1.54) is 0 Å². The Morgan fingerprint density at radius 3 is 2.43 bits per heavy atom. The molecular formula is C19H27Cl2IN4O2. The van der Waals surface area contributed by atoms with Crippen LogP contribution in [0.1, 0.15) is 30.4 Å². The predicted octanol–water partition coefficient (Wildman–Crippen LogP) is 4.10. The molecule has 9 heteroatoms. The Morgan fingerprint density at radius 1 is 1.21 bits per heavy atom. The molecule has 0 saturated carbocycles. The van der Waals surface area contributed by atoms with Crippen LogP contribution in [-0.4, -0.2) is 49.7 Å². The summed E-state index contributed by atoms with van der Waals surface area (Å²) in [5.74, 6) is 1.47. The van der Waals surface area contributed by atoms with E-state index >= 15 is 0 Å². The molecule has 0 saturated heterocycles. The van der Waals surface area contributed by atoms with Crippen LogP contribution in [0.15, 0.2) is 46.0 Å². The Kier molecular flexibility index (Phi) is 11.2. The standard InChI is InChI=1S/C19H26Cl2N4O2.HI/c1-4-22-19(23-11-16(25(2)3)18-6-5-7-27-18)24-12-17(26)13-8-14(20)10-15(21)9-13;/h5-10,16-17,26H,4,11-12H2,1-3H3,(H2,22,23,24);1H. The van der Waals surface area contributed by atoms with Crippen LogP contribution in [0.4, 0.5) is 0 Å². The fourth-order valence-electron chi connectivity index (χ4n) is 2.59. The lowest BCUT2D eigenvalue weighted by Crippen LogP contribution is -2.40. The lowest BCUT2D eigenvalue weighted by Gasteiger charge is -2.21. The number of nitrogens with one attached hydrogen (secondary N) is 2. The number of aliphatic hydroxyl groups excluding tert-OH is 1. The molecule has 2 aromatic rings. The van der Waals surface area contributed by atoms with Crippen molar-refractivity contribution in [2.45, 2.75) is 19.1 Å². The zero-order chi connectivity index (χ0) is 19.8. The molecule has 2 atom stereocenters. The van der Waals surface area contributed by atoms with Crippen LogP contribution in [-0.2, 0) is 0 Å². The molecule has 0 bridgehead atoms. The third-order valence-corrected chi connectivity index (χ3v) is 4.43. The number of rotatable bonds is 8. The fourth-order valence-corrected chi connectivity index (χ4v) is 3.13. The Balaban J connectivity index is 0.00000392. The van der Waals surface area contributed by atoms with Crippen molar-refractivity contribution in [2.75, 3.05) is 33.7 Å². The van der Waals surface area contributed by atoms with E-state index in [0.717, 1.165) is 5.76 Å². The van der Waals surface area contributed by atoms with Crippen molar-refractivity contribution in [2.24, 2.45) is 4.99 Å². The molecule has 28 heavy (non-hydrogen) atoms. The molecule has 3 N–H and O–H groups in total. The number of benzene rings is 1. The molecule has 2 rings (SSSR count). The molecule has 156 valence electrons. The quantitative estimate of drug-likeness (QED) is 0.267. The molecule has 6 nitrogen and oxygen atoms in total. The first kappa shape index (κ1) is 25.0. The number of hydrogen-bond acceptors (Lipinski definition) is 4. The maximum absolute atomic E-state index is 10.4. The van der Waals surface area contributed by atoms with Crippen molar-refractivity contribution in [3.63, 3.8) is 0 Å². The average molecular weight is 541 g/mol. The predicted molar refractivity (Wildman–Crippen MR) is 126 cm³/mol. The van der Waals surface area contributed by atoms with Crippen molar-refractivity contribution >= 4 is 53.1 Å². The Hall–Kier alpha value is -1.000. The second-order valence-electron chi connectivity index (χ2n) is 6.31. The third kappa shape index (κ3) is 7.79. The average Bonchev–Trinajstić information content (AvgIpc) is 3.12. The molecule has 1 aromatic carbocycles. The van der Waals surface area contributed by atoms with Gasteiger partial charge in [0, 0.05) is 23.1 Å². The van der Waals surface area contributed by atoms with E-state index in [-0.39, 0.29) is 36.6 Å². The molecule has 1 aromatic heterocycles. The van der Waals surface area contributed by atoms with Crippen LogP contribution in [0.5, 0.6) is 0 Å². The van der Waals surface area contributed by atoms with Crippen LogP contribution in [0, 0.1) is 0 Å². The molecule has 0 amide bonds. The van der Waals surface area contributed by atoms with Gasteiger partial charge in [0.05, 0.1) is 25.0 Å². The first-order valence-electron chi connectivity index (χ1n) is 8.76. The molecule has 0 fully saturated rings. The summed E-state index contributed by atoms with van der Waals surface area (Å²) in [4.78, 5) is 6.67. The van der Waals surface area contributed by atoms with Gasteiger partial charge >= 0.3 is 0 Å². The molecule has 0 aliphatic heterocycles. The SMILES string of the molecule is CCNC(=NCC(c1ccco1)N(C)C)NCC(O)c1cc(Cl)cc(Cl)c1.I. The fraction of sp³-hybridized carbons (Fsp3) is 0.421. The van der Waals surface area contributed by atoms with E-state index in [9.17, 15) is 5.11 Å². The van der Waals surface area contributed by atoms with Gasteiger partial charge in [0.25, 0.3) is 0 Å². The van der Waals surface area contributed by atoms with Crippen LogP contribution in [0.3, 0.4) is 0 Å². The van der Waals surface area contributed by atoms with Crippen molar-refractivity contribution in [1.29, 1.82) is 0 Å². The number of likely N-dealkylation sites (N-methyl/N-ethyl adjacent to an activating group) is 1. The van der Waals surface area contributed by atoms with Crippen LogP contribution >= 0.6 is 47.2 Å². The Labute approximate surface area is 193 Å².